The maximum Gasteiger partial charge on any atom is 0.408 e. The summed E-state index contributed by atoms with van der Waals surface area (Å²) in [6.07, 6.45) is -0.980. The Morgan fingerprint density at radius 1 is 1.14 bits per heavy atom. The molecule has 1 saturated heterocycles. The summed E-state index contributed by atoms with van der Waals surface area (Å²) in [5.74, 6) is -2.52. The molecular weight excluding hydrogens is 388 g/mol. The lowest BCUT2D eigenvalue weighted by atomic mass is 9.79. The fourth-order valence-electron chi connectivity index (χ4n) is 3.19. The molecule has 1 amide bonds. The zero-order chi connectivity index (χ0) is 22.2. The van der Waals surface area contributed by atoms with E-state index in [-0.39, 0.29) is 38.9 Å². The van der Waals surface area contributed by atoms with Crippen molar-refractivity contribution in [1.29, 1.82) is 0 Å². The van der Waals surface area contributed by atoms with Crippen LogP contribution in [-0.2, 0) is 28.5 Å². The van der Waals surface area contributed by atoms with E-state index in [1.807, 2.05) is 0 Å². The van der Waals surface area contributed by atoms with Crippen LogP contribution < -0.4 is 5.32 Å². The van der Waals surface area contributed by atoms with Crippen molar-refractivity contribution < 1.29 is 38.3 Å². The van der Waals surface area contributed by atoms with Crippen molar-refractivity contribution in [1.82, 2.24) is 5.32 Å². The Labute approximate surface area is 169 Å². The Morgan fingerprint density at radius 2 is 1.69 bits per heavy atom. The molecule has 2 atom stereocenters. The third kappa shape index (κ3) is 7.48. The highest BCUT2D eigenvalue weighted by atomic mass is 16.6. The lowest BCUT2D eigenvalue weighted by Crippen LogP contribution is -2.49. The van der Waals surface area contributed by atoms with E-state index in [1.165, 1.54) is 0 Å². The molecule has 0 bridgehead atoms. The minimum atomic E-state index is -1.37. The van der Waals surface area contributed by atoms with Crippen LogP contribution in [-0.4, -0.2) is 67.6 Å². The van der Waals surface area contributed by atoms with Gasteiger partial charge in [-0.2, -0.15) is 0 Å². The number of hydrogen-bond acceptors (Lipinski definition) is 9. The molecule has 1 heterocycles. The van der Waals surface area contributed by atoms with Crippen LogP contribution in [0, 0.1) is 16.0 Å². The maximum absolute atomic E-state index is 12.3. The quantitative estimate of drug-likeness (QED) is 0.268. The number of amides is 1. The summed E-state index contributed by atoms with van der Waals surface area (Å²) in [6, 6.07) is -1.23. The first-order valence-electron chi connectivity index (χ1n) is 9.31. The van der Waals surface area contributed by atoms with Gasteiger partial charge in [0.1, 0.15) is 11.6 Å². The normalized spacial score (nSPS) is 18.1. The van der Waals surface area contributed by atoms with Crippen LogP contribution in [0.1, 0.15) is 46.5 Å². The van der Waals surface area contributed by atoms with Crippen molar-refractivity contribution in [2.45, 2.75) is 63.6 Å². The first kappa shape index (κ1) is 24.6. The fraction of sp³-hybridized carbons (Fsp3) is 0.833. The molecule has 29 heavy (non-hydrogen) atoms. The first-order valence-corrected chi connectivity index (χ1v) is 9.31. The van der Waals surface area contributed by atoms with Gasteiger partial charge in [-0.15, -0.1) is 0 Å². The molecule has 0 radical (unpaired) electrons. The molecule has 1 fully saturated rings. The number of carbonyl (C=O) groups is 3. The predicted octanol–water partition coefficient (Wildman–Crippen LogP) is 1.45. The summed E-state index contributed by atoms with van der Waals surface area (Å²) < 4.78 is 19.8. The number of nitrogens with zero attached hydrogens (tertiary/aromatic N) is 1. The number of nitro groups is 1. The number of esters is 2. The zero-order valence-corrected chi connectivity index (χ0v) is 17.5. The molecule has 1 aliphatic rings. The third-order valence-electron chi connectivity index (χ3n) is 4.67. The van der Waals surface area contributed by atoms with Crippen LogP contribution in [0.2, 0.25) is 0 Å². The van der Waals surface area contributed by atoms with Crippen molar-refractivity contribution in [3.63, 3.8) is 0 Å². The Kier molecular flexibility index (Phi) is 8.80. The molecule has 0 aliphatic carbocycles. The van der Waals surface area contributed by atoms with Crippen LogP contribution in [0.4, 0.5) is 4.79 Å². The molecule has 1 aliphatic heterocycles. The van der Waals surface area contributed by atoms with E-state index >= 15 is 0 Å². The van der Waals surface area contributed by atoms with Gasteiger partial charge in [-0.1, -0.05) is 0 Å². The van der Waals surface area contributed by atoms with Crippen molar-refractivity contribution in [2.75, 3.05) is 27.4 Å². The molecule has 0 aromatic carbocycles. The van der Waals surface area contributed by atoms with Gasteiger partial charge >= 0.3 is 18.0 Å². The largest absolute Gasteiger partial charge is 0.469 e. The Hall–Kier alpha value is -2.43. The highest BCUT2D eigenvalue weighted by Crippen LogP contribution is 2.33. The molecule has 11 nitrogen and oxygen atoms in total. The van der Waals surface area contributed by atoms with Crippen molar-refractivity contribution in [3.8, 4) is 0 Å². The Balaban J connectivity index is 3.04. The van der Waals surface area contributed by atoms with E-state index in [1.54, 1.807) is 20.8 Å². The number of rotatable bonds is 8. The molecule has 1 rings (SSSR count). The van der Waals surface area contributed by atoms with Gasteiger partial charge in [-0.25, -0.2) is 9.59 Å². The average Bonchev–Trinajstić information content (AvgIpc) is 2.64. The Bertz CT molecular complexity index is 609. The Morgan fingerprint density at radius 3 is 2.14 bits per heavy atom. The van der Waals surface area contributed by atoms with Crippen molar-refractivity contribution in [2.24, 2.45) is 5.92 Å². The van der Waals surface area contributed by atoms with E-state index in [9.17, 15) is 24.5 Å². The van der Waals surface area contributed by atoms with Crippen molar-refractivity contribution >= 4 is 18.0 Å². The summed E-state index contributed by atoms with van der Waals surface area (Å²) in [5, 5.41) is 14.1. The summed E-state index contributed by atoms with van der Waals surface area (Å²) in [7, 11) is 2.29. The lowest BCUT2D eigenvalue weighted by Gasteiger charge is -2.32. The van der Waals surface area contributed by atoms with Crippen LogP contribution >= 0.6 is 0 Å². The number of ether oxygens (including phenoxy) is 4. The highest BCUT2D eigenvalue weighted by molar-refractivity contribution is 5.82. The molecular formula is C18H30N2O9. The van der Waals surface area contributed by atoms with Crippen LogP contribution in [0.5, 0.6) is 0 Å². The summed E-state index contributed by atoms with van der Waals surface area (Å²) >= 11 is 0. The van der Waals surface area contributed by atoms with Gasteiger partial charge in [-0.05, 0) is 27.2 Å². The van der Waals surface area contributed by atoms with Gasteiger partial charge < -0.3 is 24.3 Å². The standard InChI is InChI=1S/C18H30N2O9/c1-17(2,3)29-16(23)19-13(15(22)27-5)10-12(14(21)26-4)11-18(20(24)25)6-8-28-9-7-18/h12-13H,6-11H2,1-5H3,(H,19,23). The first-order chi connectivity index (χ1) is 13.4. The summed E-state index contributed by atoms with van der Waals surface area (Å²) in [5.41, 5.74) is -2.17. The third-order valence-corrected chi connectivity index (χ3v) is 4.67. The van der Waals surface area contributed by atoms with E-state index in [0.29, 0.717) is 0 Å². The smallest absolute Gasteiger partial charge is 0.408 e. The average molecular weight is 418 g/mol. The molecule has 0 saturated carbocycles. The summed E-state index contributed by atoms with van der Waals surface area (Å²) in [6.45, 7) is 5.37. The molecule has 166 valence electrons. The maximum atomic E-state index is 12.3. The number of alkyl carbamates (subject to hydrolysis) is 1. The van der Waals surface area contributed by atoms with Crippen LogP contribution in [0.15, 0.2) is 0 Å². The highest BCUT2D eigenvalue weighted by Gasteiger charge is 2.48. The molecule has 0 aromatic heterocycles. The van der Waals surface area contributed by atoms with E-state index in [0.717, 1.165) is 14.2 Å². The number of carbonyl (C=O) groups excluding carboxylic acids is 3. The minimum Gasteiger partial charge on any atom is -0.469 e. The molecule has 11 heteroatoms. The van der Waals surface area contributed by atoms with E-state index in [2.05, 4.69) is 5.32 Å². The van der Waals surface area contributed by atoms with E-state index in [4.69, 9.17) is 18.9 Å². The molecule has 0 spiro atoms. The van der Waals surface area contributed by atoms with Gasteiger partial charge in [0.15, 0.2) is 0 Å². The SMILES string of the molecule is COC(=O)C(CC(NC(=O)OC(C)(C)C)C(=O)OC)CC1([N+](=O)[O-])CCOCC1. The monoisotopic (exact) mass is 418 g/mol. The number of hydrogen-bond donors (Lipinski definition) is 1. The minimum absolute atomic E-state index is 0.135. The number of nitrogens with one attached hydrogen (secondary N) is 1. The van der Waals surface area contributed by atoms with Crippen LogP contribution in [0.25, 0.3) is 0 Å². The second kappa shape index (κ2) is 10.4. The zero-order valence-electron chi connectivity index (χ0n) is 17.5. The van der Waals surface area contributed by atoms with Crippen molar-refractivity contribution in [3.05, 3.63) is 10.1 Å². The van der Waals surface area contributed by atoms with E-state index < -0.39 is 46.1 Å². The molecule has 2 unspecified atom stereocenters. The topological polar surface area (TPSA) is 143 Å². The lowest BCUT2D eigenvalue weighted by molar-refractivity contribution is -0.579. The van der Waals surface area contributed by atoms with Gasteiger partial charge in [-0.3, -0.25) is 14.9 Å². The van der Waals surface area contributed by atoms with Gasteiger partial charge in [0, 0.05) is 24.2 Å². The van der Waals surface area contributed by atoms with Gasteiger partial charge in [0.05, 0.1) is 33.4 Å². The fourth-order valence-corrected chi connectivity index (χ4v) is 3.19. The molecule has 0 aromatic rings. The van der Waals surface area contributed by atoms with Crippen LogP contribution in [0.3, 0.4) is 0 Å². The molecule has 1 N–H and O–H groups in total. The van der Waals surface area contributed by atoms with Gasteiger partial charge in [0.2, 0.25) is 5.54 Å². The second-order valence-corrected chi connectivity index (χ2v) is 7.98. The number of methoxy groups -OCH3 is 2. The van der Waals surface area contributed by atoms with Gasteiger partial charge in [0.25, 0.3) is 0 Å². The predicted molar refractivity (Wildman–Crippen MR) is 99.7 cm³/mol. The second-order valence-electron chi connectivity index (χ2n) is 7.98. The summed E-state index contributed by atoms with van der Waals surface area (Å²) in [4.78, 5) is 47.9.